The van der Waals surface area contributed by atoms with Crippen LogP contribution in [0.15, 0.2) is 36.4 Å². The van der Waals surface area contributed by atoms with E-state index in [-0.39, 0.29) is 5.56 Å². The van der Waals surface area contributed by atoms with Crippen LogP contribution in [0.3, 0.4) is 0 Å². The lowest BCUT2D eigenvalue weighted by molar-refractivity contribution is -0.387. The molecule has 104 valence electrons. The van der Waals surface area contributed by atoms with Crippen molar-refractivity contribution >= 4 is 5.69 Å². The molecule has 0 saturated heterocycles. The van der Waals surface area contributed by atoms with Crippen LogP contribution in [-0.2, 0) is 6.61 Å². The third-order valence-electron chi connectivity index (χ3n) is 2.55. The van der Waals surface area contributed by atoms with Crippen LogP contribution in [-0.4, -0.2) is 4.92 Å². The first-order valence-electron chi connectivity index (χ1n) is 5.49. The van der Waals surface area contributed by atoms with E-state index in [4.69, 9.17) is 4.74 Å². The summed E-state index contributed by atoms with van der Waals surface area (Å²) in [6.45, 7) is -0.522. The van der Waals surface area contributed by atoms with Crippen LogP contribution >= 0.6 is 0 Å². The topological polar surface area (TPSA) is 52.4 Å². The Morgan fingerprint density at radius 2 is 1.65 bits per heavy atom. The fourth-order valence-electron chi connectivity index (χ4n) is 1.59. The Morgan fingerprint density at radius 3 is 2.25 bits per heavy atom. The highest BCUT2D eigenvalue weighted by Crippen LogP contribution is 2.24. The molecule has 0 unspecified atom stereocenters. The Kier molecular flexibility index (Phi) is 3.88. The number of nitro groups is 1. The van der Waals surface area contributed by atoms with E-state index in [0.29, 0.717) is 0 Å². The molecule has 0 aromatic heterocycles. The van der Waals surface area contributed by atoms with Crippen LogP contribution in [0.1, 0.15) is 5.56 Å². The predicted molar refractivity (Wildman–Crippen MR) is 63.7 cm³/mol. The number of benzene rings is 2. The van der Waals surface area contributed by atoms with Crippen LogP contribution in [0, 0.1) is 27.6 Å². The summed E-state index contributed by atoms with van der Waals surface area (Å²) in [6, 6.07) is 6.62. The minimum atomic E-state index is -1.09. The van der Waals surface area contributed by atoms with Crippen molar-refractivity contribution in [3.8, 4) is 5.75 Å². The second-order valence-corrected chi connectivity index (χ2v) is 3.85. The third-order valence-corrected chi connectivity index (χ3v) is 2.55. The van der Waals surface area contributed by atoms with Crippen LogP contribution in [0.5, 0.6) is 5.75 Å². The summed E-state index contributed by atoms with van der Waals surface area (Å²) in [6.07, 6.45) is 0. The first kappa shape index (κ1) is 13.9. The van der Waals surface area contributed by atoms with Crippen molar-refractivity contribution in [3.63, 3.8) is 0 Å². The van der Waals surface area contributed by atoms with E-state index in [2.05, 4.69) is 0 Å². The van der Waals surface area contributed by atoms with Crippen molar-refractivity contribution in [1.82, 2.24) is 0 Å². The molecule has 4 nitrogen and oxygen atoms in total. The van der Waals surface area contributed by atoms with Gasteiger partial charge >= 0.3 is 5.69 Å². The molecule has 7 heteroatoms. The molecule has 0 spiro atoms. The normalized spacial score (nSPS) is 10.3. The van der Waals surface area contributed by atoms with Gasteiger partial charge in [0.25, 0.3) is 0 Å². The van der Waals surface area contributed by atoms with Gasteiger partial charge in [0.05, 0.1) is 4.92 Å². The predicted octanol–water partition coefficient (Wildman–Crippen LogP) is 3.59. The van der Waals surface area contributed by atoms with Gasteiger partial charge in [-0.3, -0.25) is 10.1 Å². The lowest BCUT2D eigenvalue weighted by Crippen LogP contribution is -2.03. The van der Waals surface area contributed by atoms with E-state index in [0.717, 1.165) is 24.3 Å². The molecular formula is C13H8F3NO3. The van der Waals surface area contributed by atoms with Crippen molar-refractivity contribution in [2.45, 2.75) is 6.61 Å². The molecule has 2 aromatic carbocycles. The SMILES string of the molecule is O=[N+]([O-])c1cccc(COc2c(F)cccc2F)c1F. The standard InChI is InChI=1S/C13H8F3NO3/c14-9-4-2-5-10(15)13(9)20-7-8-3-1-6-11(12(8)16)17(18)19/h1-6H,7H2. The van der Waals surface area contributed by atoms with Crippen LogP contribution in [0.25, 0.3) is 0 Å². The summed E-state index contributed by atoms with van der Waals surface area (Å²) in [7, 11) is 0. The number of halogens is 3. The van der Waals surface area contributed by atoms with Crippen LogP contribution in [0.4, 0.5) is 18.9 Å². The molecule has 20 heavy (non-hydrogen) atoms. The van der Waals surface area contributed by atoms with E-state index < -0.39 is 40.4 Å². The van der Waals surface area contributed by atoms with Gasteiger partial charge in [-0.05, 0) is 12.1 Å². The number of hydrogen-bond donors (Lipinski definition) is 0. The maximum atomic E-state index is 13.7. The summed E-state index contributed by atoms with van der Waals surface area (Å²) in [5, 5.41) is 10.6. The highest BCUT2D eigenvalue weighted by Gasteiger charge is 2.18. The van der Waals surface area contributed by atoms with Gasteiger partial charge in [-0.25, -0.2) is 8.78 Å². The molecule has 0 aliphatic rings. The Labute approximate surface area is 111 Å². The molecule has 0 N–H and O–H groups in total. The molecule has 0 atom stereocenters. The summed E-state index contributed by atoms with van der Waals surface area (Å²) in [4.78, 5) is 9.67. The second kappa shape index (κ2) is 5.60. The number of nitro benzene ring substituents is 1. The Hall–Kier alpha value is -2.57. The first-order valence-corrected chi connectivity index (χ1v) is 5.49. The summed E-state index contributed by atoms with van der Waals surface area (Å²) < 4.78 is 45.2. The average molecular weight is 283 g/mol. The zero-order chi connectivity index (χ0) is 14.7. The molecule has 0 fully saturated rings. The number of ether oxygens (including phenoxy) is 1. The fraction of sp³-hybridized carbons (Fsp3) is 0.0769. The maximum Gasteiger partial charge on any atom is 0.305 e. The first-order chi connectivity index (χ1) is 9.50. The molecule has 0 bridgehead atoms. The van der Waals surface area contributed by atoms with Crippen molar-refractivity contribution in [2.75, 3.05) is 0 Å². The number of nitrogens with zero attached hydrogens (tertiary/aromatic N) is 1. The van der Waals surface area contributed by atoms with E-state index >= 15 is 0 Å². The summed E-state index contributed by atoms with van der Waals surface area (Å²) in [5.74, 6) is -3.61. The fourth-order valence-corrected chi connectivity index (χ4v) is 1.59. The van der Waals surface area contributed by atoms with Crippen molar-refractivity contribution < 1.29 is 22.8 Å². The molecule has 0 aliphatic heterocycles. The van der Waals surface area contributed by atoms with Crippen molar-refractivity contribution in [3.05, 3.63) is 69.5 Å². The zero-order valence-corrected chi connectivity index (χ0v) is 9.98. The minimum Gasteiger partial charge on any atom is -0.483 e. The van der Waals surface area contributed by atoms with Gasteiger partial charge < -0.3 is 4.74 Å². The molecular weight excluding hydrogens is 275 g/mol. The lowest BCUT2D eigenvalue weighted by atomic mass is 10.2. The van der Waals surface area contributed by atoms with Gasteiger partial charge in [0.2, 0.25) is 5.82 Å². The second-order valence-electron chi connectivity index (χ2n) is 3.85. The van der Waals surface area contributed by atoms with E-state index in [1.807, 2.05) is 0 Å². The van der Waals surface area contributed by atoms with Gasteiger partial charge in [0, 0.05) is 11.6 Å². The largest absolute Gasteiger partial charge is 0.483 e. The third kappa shape index (κ3) is 2.71. The van der Waals surface area contributed by atoms with Crippen molar-refractivity contribution in [2.24, 2.45) is 0 Å². The monoisotopic (exact) mass is 283 g/mol. The minimum absolute atomic E-state index is 0.165. The smallest absolute Gasteiger partial charge is 0.305 e. The zero-order valence-electron chi connectivity index (χ0n) is 9.98. The molecule has 0 aliphatic carbocycles. The molecule has 0 radical (unpaired) electrons. The molecule has 0 saturated carbocycles. The van der Waals surface area contributed by atoms with Gasteiger partial charge in [-0.15, -0.1) is 0 Å². The van der Waals surface area contributed by atoms with E-state index in [1.54, 1.807) is 0 Å². The van der Waals surface area contributed by atoms with E-state index in [9.17, 15) is 23.3 Å². The molecule has 2 rings (SSSR count). The molecule has 2 aromatic rings. The van der Waals surface area contributed by atoms with Crippen LogP contribution in [0.2, 0.25) is 0 Å². The van der Waals surface area contributed by atoms with Crippen LogP contribution < -0.4 is 4.74 Å². The Morgan fingerprint density at radius 1 is 1.05 bits per heavy atom. The molecule has 0 amide bonds. The molecule has 0 heterocycles. The van der Waals surface area contributed by atoms with Gasteiger partial charge in [-0.2, -0.15) is 4.39 Å². The highest BCUT2D eigenvalue weighted by atomic mass is 19.1. The van der Waals surface area contributed by atoms with Gasteiger partial charge in [-0.1, -0.05) is 18.2 Å². The maximum absolute atomic E-state index is 13.7. The van der Waals surface area contributed by atoms with Crippen molar-refractivity contribution in [1.29, 1.82) is 0 Å². The van der Waals surface area contributed by atoms with E-state index in [1.165, 1.54) is 12.1 Å². The van der Waals surface area contributed by atoms with Gasteiger partial charge in [0.1, 0.15) is 6.61 Å². The number of hydrogen-bond acceptors (Lipinski definition) is 3. The quantitative estimate of drug-likeness (QED) is 0.636. The lowest BCUT2D eigenvalue weighted by Gasteiger charge is -2.08. The van der Waals surface area contributed by atoms with Gasteiger partial charge in [0.15, 0.2) is 17.4 Å². The summed E-state index contributed by atoms with van der Waals surface area (Å²) in [5.41, 5.74) is -0.887. The summed E-state index contributed by atoms with van der Waals surface area (Å²) >= 11 is 0. The Balaban J connectivity index is 2.24. The number of rotatable bonds is 4. The Bertz CT molecular complexity index is 641. The highest BCUT2D eigenvalue weighted by molar-refractivity contribution is 5.37. The average Bonchev–Trinajstić information content (AvgIpc) is 2.39. The number of para-hydroxylation sites is 1.